The molecule has 0 fully saturated rings. The van der Waals surface area contributed by atoms with Crippen LogP contribution in [0.25, 0.3) is 0 Å². The Morgan fingerprint density at radius 3 is 2.00 bits per heavy atom. The Bertz CT molecular complexity index is 150. The molecule has 0 N–H and O–H groups in total. The topological polar surface area (TPSA) is 0 Å². The van der Waals surface area contributed by atoms with Gasteiger partial charge < -0.3 is 0 Å². The SMILES string of the molecule is I.[AsH2]Cc1ccccc1. The molecule has 0 saturated heterocycles. The Labute approximate surface area is 81.6 Å². The van der Waals surface area contributed by atoms with Crippen LogP contribution < -0.4 is 0 Å². The van der Waals surface area contributed by atoms with Gasteiger partial charge >= 0.3 is 58.0 Å². The second-order valence-corrected chi connectivity index (χ2v) is 2.55. The Morgan fingerprint density at radius 2 is 1.67 bits per heavy atom. The van der Waals surface area contributed by atoms with Crippen LogP contribution in [-0.2, 0) is 5.21 Å². The van der Waals surface area contributed by atoms with Crippen LogP contribution in [0.4, 0.5) is 0 Å². The van der Waals surface area contributed by atoms with E-state index < -0.39 is 0 Å². The first kappa shape index (κ1) is 9.51. The maximum absolute atomic E-state index is 2.15. The molecule has 1 rings (SSSR count). The van der Waals surface area contributed by atoms with E-state index in [-0.39, 0.29) is 24.0 Å². The van der Waals surface area contributed by atoms with Crippen molar-refractivity contribution in [3.8, 4) is 0 Å². The Balaban J connectivity index is 0.000000640. The predicted molar refractivity (Wildman–Crippen MR) is 54.1 cm³/mol. The summed E-state index contributed by atoms with van der Waals surface area (Å²) in [5, 5.41) is 1.20. The molecule has 0 radical (unpaired) electrons. The van der Waals surface area contributed by atoms with Crippen molar-refractivity contribution in [2.24, 2.45) is 0 Å². The van der Waals surface area contributed by atoms with Crippen molar-refractivity contribution in [2.45, 2.75) is 5.21 Å². The Morgan fingerprint density at radius 1 is 1.11 bits per heavy atom. The summed E-state index contributed by atoms with van der Waals surface area (Å²) in [6, 6.07) is 10.5. The summed E-state index contributed by atoms with van der Waals surface area (Å²) in [5.41, 5.74) is 1.44. The summed E-state index contributed by atoms with van der Waals surface area (Å²) in [5.74, 6) is 0. The summed E-state index contributed by atoms with van der Waals surface area (Å²) in [6.07, 6.45) is 0. The molecule has 0 aliphatic carbocycles. The van der Waals surface area contributed by atoms with Crippen LogP contribution >= 0.6 is 24.0 Å². The summed E-state index contributed by atoms with van der Waals surface area (Å²) in [7, 11) is 0. The van der Waals surface area contributed by atoms with Crippen molar-refractivity contribution >= 4 is 40.8 Å². The third kappa shape index (κ3) is 3.26. The number of benzene rings is 1. The van der Waals surface area contributed by atoms with Gasteiger partial charge in [0.25, 0.3) is 0 Å². The Hall–Kier alpha value is 0.508. The average molecular weight is 296 g/mol. The molecular formula is C7H10AsI. The average Bonchev–Trinajstić information content (AvgIpc) is 1.90. The zero-order valence-electron chi connectivity index (χ0n) is 5.08. The monoisotopic (exact) mass is 296 g/mol. The minimum atomic E-state index is 0. The van der Waals surface area contributed by atoms with Crippen LogP contribution in [0.15, 0.2) is 30.3 Å². The molecule has 0 nitrogen and oxygen atoms in total. The van der Waals surface area contributed by atoms with E-state index in [0.29, 0.717) is 0 Å². The zero-order valence-corrected chi connectivity index (χ0v) is 9.83. The molecular weight excluding hydrogens is 286 g/mol. The minimum absolute atomic E-state index is 0. The third-order valence-corrected chi connectivity index (χ3v) is 2.07. The van der Waals surface area contributed by atoms with Crippen LogP contribution in [0.2, 0.25) is 0 Å². The first-order chi connectivity index (χ1) is 3.93. The molecule has 1 aromatic rings. The quantitative estimate of drug-likeness (QED) is 0.543. The molecule has 0 amide bonds. The molecule has 2 heteroatoms. The van der Waals surface area contributed by atoms with E-state index in [1.165, 1.54) is 10.8 Å². The fourth-order valence-electron chi connectivity index (χ4n) is 0.614. The van der Waals surface area contributed by atoms with Crippen LogP contribution in [0.1, 0.15) is 5.56 Å². The second-order valence-electron chi connectivity index (χ2n) is 1.69. The summed E-state index contributed by atoms with van der Waals surface area (Å²) in [6.45, 7) is 0. The molecule has 0 bridgehead atoms. The van der Waals surface area contributed by atoms with Gasteiger partial charge in [-0.05, 0) is 0 Å². The van der Waals surface area contributed by atoms with E-state index in [1.54, 1.807) is 16.9 Å². The van der Waals surface area contributed by atoms with Gasteiger partial charge in [0.1, 0.15) is 0 Å². The number of hydrogen-bond donors (Lipinski definition) is 0. The molecule has 1 unspecified atom stereocenters. The number of rotatable bonds is 1. The summed E-state index contributed by atoms with van der Waals surface area (Å²) >= 11 is 1.76. The fraction of sp³-hybridized carbons (Fsp3) is 0.143. The molecule has 9 heavy (non-hydrogen) atoms. The fourth-order valence-corrected chi connectivity index (χ4v) is 1.19. The first-order valence-electron chi connectivity index (χ1n) is 2.67. The molecule has 0 aliphatic heterocycles. The van der Waals surface area contributed by atoms with Gasteiger partial charge in [-0.3, -0.25) is 0 Å². The van der Waals surface area contributed by atoms with Gasteiger partial charge in [-0.2, -0.15) is 0 Å². The predicted octanol–water partition coefficient (Wildman–Crippen LogP) is 1.44. The second kappa shape index (κ2) is 5.31. The van der Waals surface area contributed by atoms with E-state index >= 15 is 0 Å². The number of halogens is 1. The van der Waals surface area contributed by atoms with Gasteiger partial charge in [0.15, 0.2) is 0 Å². The van der Waals surface area contributed by atoms with Crippen molar-refractivity contribution < 1.29 is 0 Å². The molecule has 0 saturated carbocycles. The van der Waals surface area contributed by atoms with Crippen molar-refractivity contribution in [1.82, 2.24) is 0 Å². The third-order valence-electron chi connectivity index (χ3n) is 1.08. The van der Waals surface area contributed by atoms with E-state index in [4.69, 9.17) is 0 Å². The van der Waals surface area contributed by atoms with Crippen LogP contribution in [0, 0.1) is 0 Å². The van der Waals surface area contributed by atoms with Gasteiger partial charge in [-0.25, -0.2) is 0 Å². The maximum atomic E-state index is 2.15. The van der Waals surface area contributed by atoms with E-state index in [1.807, 2.05) is 6.07 Å². The molecule has 0 aliphatic rings. The van der Waals surface area contributed by atoms with Gasteiger partial charge in [0.05, 0.1) is 0 Å². The Kier molecular flexibility index (Phi) is 5.61. The van der Waals surface area contributed by atoms with E-state index in [0.717, 1.165) is 0 Å². The van der Waals surface area contributed by atoms with E-state index in [9.17, 15) is 0 Å². The normalized spacial score (nSPS) is 8.11. The van der Waals surface area contributed by atoms with E-state index in [2.05, 4.69) is 24.3 Å². The van der Waals surface area contributed by atoms with Crippen molar-refractivity contribution in [3.63, 3.8) is 0 Å². The molecule has 1 atom stereocenters. The molecule has 1 aromatic carbocycles. The standard InChI is InChI=1S/C7H9As.HI/c8-6-7-4-2-1-3-5-7;/h1-5H,6,8H2;1H. The molecule has 50 valence electrons. The van der Waals surface area contributed by atoms with Crippen molar-refractivity contribution in [3.05, 3.63) is 35.9 Å². The van der Waals surface area contributed by atoms with Crippen molar-refractivity contribution in [2.75, 3.05) is 0 Å². The summed E-state index contributed by atoms with van der Waals surface area (Å²) < 4.78 is 0. The summed E-state index contributed by atoms with van der Waals surface area (Å²) in [4.78, 5) is 0. The van der Waals surface area contributed by atoms with Crippen LogP contribution in [0.3, 0.4) is 0 Å². The molecule has 0 aromatic heterocycles. The van der Waals surface area contributed by atoms with Crippen LogP contribution in [0.5, 0.6) is 0 Å². The molecule has 0 spiro atoms. The van der Waals surface area contributed by atoms with Crippen LogP contribution in [-0.4, -0.2) is 16.9 Å². The van der Waals surface area contributed by atoms with Gasteiger partial charge in [-0.15, -0.1) is 24.0 Å². The van der Waals surface area contributed by atoms with Crippen molar-refractivity contribution in [1.29, 1.82) is 0 Å². The zero-order chi connectivity index (χ0) is 5.82. The number of hydrogen-bond acceptors (Lipinski definition) is 0. The van der Waals surface area contributed by atoms with Gasteiger partial charge in [0.2, 0.25) is 0 Å². The van der Waals surface area contributed by atoms with Gasteiger partial charge in [0, 0.05) is 0 Å². The first-order valence-corrected chi connectivity index (χ1v) is 4.39. The van der Waals surface area contributed by atoms with Gasteiger partial charge in [-0.1, -0.05) is 0 Å². The molecule has 0 heterocycles.